The zero-order valence-electron chi connectivity index (χ0n) is 11.0. The first-order chi connectivity index (χ1) is 10.1. The van der Waals surface area contributed by atoms with E-state index in [1.807, 2.05) is 12.1 Å². The summed E-state index contributed by atoms with van der Waals surface area (Å²) in [5.74, 6) is 0.318. The Morgan fingerprint density at radius 1 is 1.33 bits per heavy atom. The molecule has 1 atom stereocenters. The third-order valence-corrected chi connectivity index (χ3v) is 4.40. The molecule has 0 fully saturated rings. The Bertz CT molecular complexity index is 718. The average molecular weight is 349 g/mol. The summed E-state index contributed by atoms with van der Waals surface area (Å²) < 4.78 is 0.461. The second kappa shape index (κ2) is 5.37. The van der Waals surface area contributed by atoms with Crippen LogP contribution in [0.25, 0.3) is 0 Å². The maximum atomic E-state index is 11.0. The summed E-state index contributed by atoms with van der Waals surface area (Å²) in [6.45, 7) is 0. The number of phenols is 1. The van der Waals surface area contributed by atoms with Crippen molar-refractivity contribution in [2.24, 2.45) is 0 Å². The molecule has 6 heteroatoms. The molecule has 1 unspecified atom stereocenters. The van der Waals surface area contributed by atoms with Crippen molar-refractivity contribution in [3.8, 4) is 5.75 Å². The molecular weight excluding hydrogens is 336 g/mol. The molecule has 1 aliphatic rings. The number of nitro groups is 1. The Labute approximate surface area is 129 Å². The van der Waals surface area contributed by atoms with Crippen LogP contribution in [0.2, 0.25) is 0 Å². The van der Waals surface area contributed by atoms with E-state index in [0.29, 0.717) is 15.9 Å². The quantitative estimate of drug-likeness (QED) is 0.644. The normalized spacial score (nSPS) is 16.5. The Morgan fingerprint density at radius 3 is 2.90 bits per heavy atom. The van der Waals surface area contributed by atoms with Crippen molar-refractivity contribution in [2.75, 3.05) is 5.32 Å². The van der Waals surface area contributed by atoms with E-state index in [0.717, 1.165) is 24.0 Å². The predicted molar refractivity (Wildman–Crippen MR) is 83.6 cm³/mol. The Kier molecular flexibility index (Phi) is 3.55. The SMILES string of the molecule is O=[N+]([O-])c1cc(NC2CCc3c(O)cccc32)ccc1Br. The number of nitrogens with zero attached hydrogens (tertiary/aromatic N) is 1. The molecule has 5 nitrogen and oxygen atoms in total. The van der Waals surface area contributed by atoms with Gasteiger partial charge in [-0.1, -0.05) is 12.1 Å². The molecule has 0 amide bonds. The second-order valence-electron chi connectivity index (χ2n) is 5.00. The van der Waals surface area contributed by atoms with Gasteiger partial charge in [0.15, 0.2) is 0 Å². The van der Waals surface area contributed by atoms with Gasteiger partial charge in [0.1, 0.15) is 5.75 Å². The van der Waals surface area contributed by atoms with Crippen LogP contribution in [-0.2, 0) is 6.42 Å². The first-order valence-electron chi connectivity index (χ1n) is 6.57. The molecular formula is C15H13BrN2O3. The minimum atomic E-state index is -0.413. The van der Waals surface area contributed by atoms with Crippen molar-refractivity contribution in [3.63, 3.8) is 0 Å². The van der Waals surface area contributed by atoms with Crippen LogP contribution >= 0.6 is 15.9 Å². The first kappa shape index (κ1) is 13.9. The van der Waals surface area contributed by atoms with Crippen LogP contribution in [0, 0.1) is 10.1 Å². The number of rotatable bonds is 3. The highest BCUT2D eigenvalue weighted by molar-refractivity contribution is 9.10. The van der Waals surface area contributed by atoms with Gasteiger partial charge in [0.05, 0.1) is 15.4 Å². The van der Waals surface area contributed by atoms with Gasteiger partial charge in [-0.3, -0.25) is 10.1 Å². The fourth-order valence-electron chi connectivity index (χ4n) is 2.73. The summed E-state index contributed by atoms with van der Waals surface area (Å²) in [6, 6.07) is 10.5. The monoisotopic (exact) mass is 348 g/mol. The summed E-state index contributed by atoms with van der Waals surface area (Å²) in [4.78, 5) is 10.6. The van der Waals surface area contributed by atoms with Crippen LogP contribution in [0.4, 0.5) is 11.4 Å². The topological polar surface area (TPSA) is 75.4 Å². The predicted octanol–water partition coefficient (Wildman–Crippen LogP) is 4.16. The largest absolute Gasteiger partial charge is 0.508 e. The van der Waals surface area contributed by atoms with Crippen molar-refractivity contribution in [1.29, 1.82) is 0 Å². The maximum Gasteiger partial charge on any atom is 0.285 e. The van der Waals surface area contributed by atoms with E-state index in [4.69, 9.17) is 0 Å². The third-order valence-electron chi connectivity index (χ3n) is 3.73. The van der Waals surface area contributed by atoms with Gasteiger partial charge < -0.3 is 10.4 Å². The van der Waals surface area contributed by atoms with Crippen LogP contribution in [-0.4, -0.2) is 10.0 Å². The van der Waals surface area contributed by atoms with Crippen LogP contribution < -0.4 is 5.32 Å². The Balaban J connectivity index is 1.88. The number of hydrogen-bond donors (Lipinski definition) is 2. The van der Waals surface area contributed by atoms with Gasteiger partial charge in [-0.2, -0.15) is 0 Å². The lowest BCUT2D eigenvalue weighted by molar-refractivity contribution is -0.385. The van der Waals surface area contributed by atoms with Crippen LogP contribution in [0.5, 0.6) is 5.75 Å². The molecule has 0 bridgehead atoms. The fourth-order valence-corrected chi connectivity index (χ4v) is 3.12. The van der Waals surface area contributed by atoms with Crippen molar-refractivity contribution < 1.29 is 10.0 Å². The minimum Gasteiger partial charge on any atom is -0.508 e. The van der Waals surface area contributed by atoms with Crippen molar-refractivity contribution in [3.05, 3.63) is 62.1 Å². The van der Waals surface area contributed by atoms with Crippen LogP contribution in [0.15, 0.2) is 40.9 Å². The number of fused-ring (bicyclic) bond motifs is 1. The number of nitrogens with one attached hydrogen (secondary N) is 1. The van der Waals surface area contributed by atoms with Crippen molar-refractivity contribution >= 4 is 27.3 Å². The molecule has 0 aromatic heterocycles. The highest BCUT2D eigenvalue weighted by Crippen LogP contribution is 2.39. The molecule has 108 valence electrons. The second-order valence-corrected chi connectivity index (χ2v) is 5.86. The zero-order chi connectivity index (χ0) is 15.0. The van der Waals surface area contributed by atoms with Gasteiger partial charge in [0.25, 0.3) is 5.69 Å². The number of anilines is 1. The van der Waals surface area contributed by atoms with E-state index in [2.05, 4.69) is 21.2 Å². The number of phenolic OH excluding ortho intramolecular Hbond substituents is 1. The summed E-state index contributed by atoms with van der Waals surface area (Å²) in [7, 11) is 0. The summed E-state index contributed by atoms with van der Waals surface area (Å²) in [6.07, 6.45) is 1.66. The van der Waals surface area contributed by atoms with Gasteiger partial charge >= 0.3 is 0 Å². The highest BCUT2D eigenvalue weighted by Gasteiger charge is 2.25. The lowest BCUT2D eigenvalue weighted by atomic mass is 10.1. The molecule has 3 rings (SSSR count). The lowest BCUT2D eigenvalue weighted by Crippen LogP contribution is -2.07. The smallest absolute Gasteiger partial charge is 0.285 e. The fraction of sp³-hybridized carbons (Fsp3) is 0.200. The van der Waals surface area contributed by atoms with Crippen LogP contribution in [0.1, 0.15) is 23.6 Å². The molecule has 0 aliphatic heterocycles. The molecule has 2 aromatic rings. The minimum absolute atomic E-state index is 0.0362. The summed E-state index contributed by atoms with van der Waals surface area (Å²) in [5.41, 5.74) is 2.75. The molecule has 1 aliphatic carbocycles. The lowest BCUT2D eigenvalue weighted by Gasteiger charge is -2.15. The van der Waals surface area contributed by atoms with Crippen LogP contribution in [0.3, 0.4) is 0 Å². The van der Waals surface area contributed by atoms with Gasteiger partial charge in [0, 0.05) is 11.8 Å². The van der Waals surface area contributed by atoms with Crippen molar-refractivity contribution in [1.82, 2.24) is 0 Å². The molecule has 0 saturated carbocycles. The molecule has 21 heavy (non-hydrogen) atoms. The number of benzene rings is 2. The number of aromatic hydroxyl groups is 1. The summed E-state index contributed by atoms with van der Waals surface area (Å²) in [5, 5.41) is 24.1. The summed E-state index contributed by atoms with van der Waals surface area (Å²) >= 11 is 3.18. The Morgan fingerprint density at radius 2 is 2.14 bits per heavy atom. The Hall–Kier alpha value is -2.08. The van der Waals surface area contributed by atoms with E-state index in [1.54, 1.807) is 18.2 Å². The van der Waals surface area contributed by atoms with Gasteiger partial charge in [0.2, 0.25) is 0 Å². The van der Waals surface area contributed by atoms with E-state index < -0.39 is 4.92 Å². The average Bonchev–Trinajstić information content (AvgIpc) is 2.85. The zero-order valence-corrected chi connectivity index (χ0v) is 12.6. The van der Waals surface area contributed by atoms with Crippen molar-refractivity contribution in [2.45, 2.75) is 18.9 Å². The van der Waals surface area contributed by atoms with E-state index in [9.17, 15) is 15.2 Å². The van der Waals surface area contributed by atoms with E-state index >= 15 is 0 Å². The molecule has 0 spiro atoms. The molecule has 2 aromatic carbocycles. The van der Waals surface area contributed by atoms with Gasteiger partial charge in [-0.15, -0.1) is 0 Å². The van der Waals surface area contributed by atoms with Gasteiger partial charge in [-0.05, 0) is 58.1 Å². The third kappa shape index (κ3) is 2.58. The molecule has 2 N–H and O–H groups in total. The van der Waals surface area contributed by atoms with E-state index in [-0.39, 0.29) is 11.7 Å². The molecule has 0 radical (unpaired) electrons. The number of nitro benzene ring substituents is 1. The standard InChI is InChI=1S/C15H13BrN2O3/c16-12-6-4-9(8-14(12)18(20)21)17-13-7-5-11-10(13)2-1-3-15(11)19/h1-4,6,8,13,17,19H,5,7H2. The number of halogens is 1. The highest BCUT2D eigenvalue weighted by atomic mass is 79.9. The maximum absolute atomic E-state index is 11.0. The van der Waals surface area contributed by atoms with E-state index in [1.165, 1.54) is 6.07 Å². The molecule has 0 heterocycles. The first-order valence-corrected chi connectivity index (χ1v) is 7.37. The van der Waals surface area contributed by atoms with Gasteiger partial charge in [-0.25, -0.2) is 0 Å². The number of hydrogen-bond acceptors (Lipinski definition) is 4. The molecule has 0 saturated heterocycles.